The molecule has 0 saturated carbocycles. The summed E-state index contributed by atoms with van der Waals surface area (Å²) < 4.78 is 11.4. The van der Waals surface area contributed by atoms with Gasteiger partial charge in [0.1, 0.15) is 6.04 Å². The lowest BCUT2D eigenvalue weighted by atomic mass is 10.2. The standard InChI is InChI=1S/C17H19BrN2O3/c1-11(19-13-6-4-12(18)5-7-13)17(21)20-14-8-9-15(22-2)16(10-14)23-3/h4-11,19H,1-3H3,(H,20,21). The van der Waals surface area contributed by atoms with Crippen LogP contribution in [0.4, 0.5) is 11.4 Å². The SMILES string of the molecule is COc1ccc(NC(=O)C(C)Nc2ccc(Br)cc2)cc1OC. The van der Waals surface area contributed by atoms with Crippen LogP contribution in [0.25, 0.3) is 0 Å². The second-order valence-electron chi connectivity index (χ2n) is 4.93. The molecule has 0 saturated heterocycles. The number of benzene rings is 2. The number of rotatable bonds is 6. The first-order valence-corrected chi connectivity index (χ1v) is 7.87. The van der Waals surface area contributed by atoms with E-state index in [1.165, 1.54) is 0 Å². The molecule has 6 heteroatoms. The Morgan fingerprint density at radius 2 is 1.61 bits per heavy atom. The van der Waals surface area contributed by atoms with Crippen molar-refractivity contribution in [3.05, 3.63) is 46.9 Å². The van der Waals surface area contributed by atoms with Crippen LogP contribution in [0.15, 0.2) is 46.9 Å². The van der Waals surface area contributed by atoms with Crippen molar-refractivity contribution in [1.29, 1.82) is 0 Å². The average molecular weight is 379 g/mol. The first-order valence-electron chi connectivity index (χ1n) is 7.08. The highest BCUT2D eigenvalue weighted by Gasteiger charge is 2.14. The molecule has 1 atom stereocenters. The van der Waals surface area contributed by atoms with Crippen molar-refractivity contribution in [2.24, 2.45) is 0 Å². The fraction of sp³-hybridized carbons (Fsp3) is 0.235. The van der Waals surface area contributed by atoms with Crippen LogP contribution in [0.2, 0.25) is 0 Å². The molecule has 0 fully saturated rings. The van der Waals surface area contributed by atoms with E-state index in [9.17, 15) is 4.79 Å². The summed E-state index contributed by atoms with van der Waals surface area (Å²) in [6.07, 6.45) is 0. The van der Waals surface area contributed by atoms with Gasteiger partial charge < -0.3 is 20.1 Å². The number of anilines is 2. The van der Waals surface area contributed by atoms with Gasteiger partial charge in [0, 0.05) is 21.9 Å². The molecule has 1 amide bonds. The van der Waals surface area contributed by atoms with E-state index in [1.54, 1.807) is 39.3 Å². The Bertz CT molecular complexity index is 674. The van der Waals surface area contributed by atoms with Gasteiger partial charge in [-0.3, -0.25) is 4.79 Å². The average Bonchev–Trinajstić information content (AvgIpc) is 2.56. The second kappa shape index (κ2) is 7.87. The molecule has 0 radical (unpaired) electrons. The van der Waals surface area contributed by atoms with E-state index < -0.39 is 0 Å². The van der Waals surface area contributed by atoms with E-state index in [0.717, 1.165) is 10.2 Å². The fourth-order valence-electron chi connectivity index (χ4n) is 2.03. The van der Waals surface area contributed by atoms with Gasteiger partial charge in [0.05, 0.1) is 14.2 Å². The molecule has 2 aromatic carbocycles. The van der Waals surface area contributed by atoms with E-state index in [2.05, 4.69) is 26.6 Å². The summed E-state index contributed by atoms with van der Waals surface area (Å²) in [5.41, 5.74) is 1.53. The number of hydrogen-bond donors (Lipinski definition) is 2. The second-order valence-corrected chi connectivity index (χ2v) is 5.85. The van der Waals surface area contributed by atoms with Crippen LogP contribution in [0, 0.1) is 0 Å². The van der Waals surface area contributed by atoms with Gasteiger partial charge in [0.2, 0.25) is 5.91 Å². The first kappa shape index (κ1) is 17.1. The lowest BCUT2D eigenvalue weighted by molar-refractivity contribution is -0.116. The molecule has 0 aliphatic rings. The molecule has 0 aliphatic carbocycles. The van der Waals surface area contributed by atoms with Gasteiger partial charge in [-0.05, 0) is 43.3 Å². The molecule has 0 aromatic heterocycles. The van der Waals surface area contributed by atoms with Crippen LogP contribution in [0.3, 0.4) is 0 Å². The summed E-state index contributed by atoms with van der Waals surface area (Å²) in [5.74, 6) is 1.05. The number of methoxy groups -OCH3 is 2. The Hall–Kier alpha value is -2.21. The van der Waals surface area contributed by atoms with Crippen molar-refractivity contribution in [1.82, 2.24) is 0 Å². The largest absolute Gasteiger partial charge is 0.493 e. The van der Waals surface area contributed by atoms with Gasteiger partial charge in [-0.2, -0.15) is 0 Å². The van der Waals surface area contributed by atoms with Crippen molar-refractivity contribution in [2.45, 2.75) is 13.0 Å². The molecule has 0 spiro atoms. The van der Waals surface area contributed by atoms with Crippen molar-refractivity contribution in [3.63, 3.8) is 0 Å². The maximum atomic E-state index is 12.3. The van der Waals surface area contributed by atoms with Crippen molar-refractivity contribution in [2.75, 3.05) is 24.9 Å². The maximum Gasteiger partial charge on any atom is 0.246 e. The highest BCUT2D eigenvalue weighted by Crippen LogP contribution is 2.29. The quantitative estimate of drug-likeness (QED) is 0.799. The van der Waals surface area contributed by atoms with Crippen LogP contribution in [-0.2, 0) is 4.79 Å². The minimum atomic E-state index is -0.385. The van der Waals surface area contributed by atoms with Crippen molar-refractivity contribution in [3.8, 4) is 11.5 Å². The summed E-state index contributed by atoms with van der Waals surface area (Å²) >= 11 is 3.38. The fourth-order valence-corrected chi connectivity index (χ4v) is 2.29. The molecule has 23 heavy (non-hydrogen) atoms. The van der Waals surface area contributed by atoms with Crippen molar-refractivity contribution >= 4 is 33.2 Å². The number of hydrogen-bond acceptors (Lipinski definition) is 4. The summed E-state index contributed by atoms with van der Waals surface area (Å²) in [6.45, 7) is 1.80. The Kier molecular flexibility index (Phi) is 5.87. The molecule has 2 aromatic rings. The molecular formula is C17H19BrN2O3. The van der Waals surface area contributed by atoms with E-state index in [1.807, 2.05) is 24.3 Å². The van der Waals surface area contributed by atoms with Crippen LogP contribution < -0.4 is 20.1 Å². The maximum absolute atomic E-state index is 12.3. The highest BCUT2D eigenvalue weighted by molar-refractivity contribution is 9.10. The first-order chi connectivity index (χ1) is 11.0. The molecule has 0 aliphatic heterocycles. The Labute approximate surface area is 144 Å². The number of ether oxygens (including phenoxy) is 2. The molecular weight excluding hydrogens is 360 g/mol. The van der Waals surface area contributed by atoms with Crippen molar-refractivity contribution < 1.29 is 14.3 Å². The third kappa shape index (κ3) is 4.63. The van der Waals surface area contributed by atoms with E-state index in [4.69, 9.17) is 9.47 Å². The zero-order valence-corrected chi connectivity index (χ0v) is 14.8. The summed E-state index contributed by atoms with van der Waals surface area (Å²) in [5, 5.41) is 6.00. The normalized spacial score (nSPS) is 11.5. The predicted molar refractivity (Wildman–Crippen MR) is 95.4 cm³/mol. The van der Waals surface area contributed by atoms with Crippen LogP contribution in [-0.4, -0.2) is 26.2 Å². The molecule has 122 valence electrons. The number of amides is 1. The summed E-state index contributed by atoms with van der Waals surface area (Å²) in [6, 6.07) is 12.5. The Morgan fingerprint density at radius 1 is 1.00 bits per heavy atom. The molecule has 5 nitrogen and oxygen atoms in total. The molecule has 0 bridgehead atoms. The monoisotopic (exact) mass is 378 g/mol. The summed E-state index contributed by atoms with van der Waals surface area (Å²) in [7, 11) is 3.13. The van der Waals surface area contributed by atoms with Crippen LogP contribution in [0.1, 0.15) is 6.92 Å². The van der Waals surface area contributed by atoms with Gasteiger partial charge in [-0.15, -0.1) is 0 Å². The zero-order chi connectivity index (χ0) is 16.8. The van der Waals surface area contributed by atoms with Gasteiger partial charge in [0.15, 0.2) is 11.5 Å². The number of carbonyl (C=O) groups excluding carboxylic acids is 1. The van der Waals surface area contributed by atoms with Crippen LogP contribution in [0.5, 0.6) is 11.5 Å². The third-order valence-corrected chi connectivity index (χ3v) is 3.80. The minimum Gasteiger partial charge on any atom is -0.493 e. The Morgan fingerprint density at radius 3 is 2.22 bits per heavy atom. The topological polar surface area (TPSA) is 59.6 Å². The number of carbonyl (C=O) groups is 1. The minimum absolute atomic E-state index is 0.139. The smallest absolute Gasteiger partial charge is 0.246 e. The lowest BCUT2D eigenvalue weighted by Gasteiger charge is -2.16. The number of halogens is 1. The highest BCUT2D eigenvalue weighted by atomic mass is 79.9. The van der Waals surface area contributed by atoms with Gasteiger partial charge in [-0.25, -0.2) is 0 Å². The van der Waals surface area contributed by atoms with E-state index in [-0.39, 0.29) is 11.9 Å². The molecule has 2 N–H and O–H groups in total. The van der Waals surface area contributed by atoms with E-state index in [0.29, 0.717) is 17.2 Å². The predicted octanol–water partition coefficient (Wildman–Crippen LogP) is 3.91. The number of nitrogens with one attached hydrogen (secondary N) is 2. The van der Waals surface area contributed by atoms with E-state index >= 15 is 0 Å². The lowest BCUT2D eigenvalue weighted by Crippen LogP contribution is -2.31. The van der Waals surface area contributed by atoms with Gasteiger partial charge >= 0.3 is 0 Å². The third-order valence-electron chi connectivity index (χ3n) is 3.27. The molecule has 1 unspecified atom stereocenters. The zero-order valence-electron chi connectivity index (χ0n) is 13.2. The molecule has 0 heterocycles. The van der Waals surface area contributed by atoms with Crippen LogP contribution >= 0.6 is 15.9 Å². The Balaban J connectivity index is 2.01. The summed E-state index contributed by atoms with van der Waals surface area (Å²) in [4.78, 5) is 12.3. The molecule has 2 rings (SSSR count). The van der Waals surface area contributed by atoms with Gasteiger partial charge in [0.25, 0.3) is 0 Å². The van der Waals surface area contributed by atoms with Gasteiger partial charge in [-0.1, -0.05) is 15.9 Å².